The highest BCUT2D eigenvalue weighted by Gasteiger charge is 2.21. The molecule has 0 aromatic carbocycles. The maximum atomic E-state index is 11.6. The molecule has 0 saturated heterocycles. The van der Waals surface area contributed by atoms with Crippen molar-refractivity contribution in [3.05, 3.63) is 0 Å². The fourth-order valence-electron chi connectivity index (χ4n) is 6.84. The molecule has 44 heavy (non-hydrogen) atoms. The monoisotopic (exact) mass is 623 g/mol. The Kier molecular flexibility index (Phi) is 34.0. The van der Waals surface area contributed by atoms with E-state index in [2.05, 4.69) is 13.8 Å². The first-order chi connectivity index (χ1) is 21.6. The molecule has 0 rings (SSSR count). The fourth-order valence-corrected chi connectivity index (χ4v) is 6.84. The van der Waals surface area contributed by atoms with Crippen LogP contribution < -0.4 is 0 Å². The first-order valence-electron chi connectivity index (χ1n) is 19.9. The molecule has 0 aromatic heterocycles. The predicted octanol–water partition coefficient (Wildman–Crippen LogP) is 13.1. The number of rotatable bonds is 35. The van der Waals surface area contributed by atoms with Gasteiger partial charge in [-0.2, -0.15) is 0 Å². The number of ether oxygens (including phenoxy) is 2. The molecule has 0 aromatic rings. The first-order valence-corrected chi connectivity index (χ1v) is 19.9. The minimum Gasteiger partial charge on any atom is -0.466 e. The van der Waals surface area contributed by atoms with Crippen LogP contribution in [0.4, 0.5) is 0 Å². The standard InChI is InChI=1S/C40H78O4/c1-5-9-11-13-15-19-25-31-37(33-27-21-17-23-29-35-39(41)43-7-3)38(32-26-20-16-14-12-10-6-2)34-28-22-18-24-30-36-40(42)44-8-4/h37-38H,5-36H2,1-4H3. The highest BCUT2D eigenvalue weighted by Crippen LogP contribution is 2.34. The molecule has 0 N–H and O–H groups in total. The molecule has 0 saturated carbocycles. The van der Waals surface area contributed by atoms with Crippen LogP contribution >= 0.6 is 0 Å². The molecule has 0 aliphatic carbocycles. The van der Waals surface area contributed by atoms with Gasteiger partial charge in [-0.15, -0.1) is 0 Å². The van der Waals surface area contributed by atoms with Crippen molar-refractivity contribution in [3.8, 4) is 0 Å². The zero-order chi connectivity index (χ0) is 32.4. The van der Waals surface area contributed by atoms with E-state index < -0.39 is 0 Å². The summed E-state index contributed by atoms with van der Waals surface area (Å²) in [4.78, 5) is 23.3. The van der Waals surface area contributed by atoms with Gasteiger partial charge in [-0.3, -0.25) is 9.59 Å². The smallest absolute Gasteiger partial charge is 0.305 e. The molecule has 0 spiro atoms. The second kappa shape index (κ2) is 34.8. The normalized spacial score (nSPS) is 12.7. The molecular formula is C40H78O4. The Morgan fingerprint density at radius 1 is 0.364 bits per heavy atom. The fraction of sp³-hybridized carbons (Fsp3) is 0.950. The molecule has 2 atom stereocenters. The van der Waals surface area contributed by atoms with E-state index in [0.29, 0.717) is 26.1 Å². The summed E-state index contributed by atoms with van der Waals surface area (Å²) in [5, 5.41) is 0. The summed E-state index contributed by atoms with van der Waals surface area (Å²) < 4.78 is 10.2. The van der Waals surface area contributed by atoms with Crippen LogP contribution in [0.3, 0.4) is 0 Å². The van der Waals surface area contributed by atoms with E-state index in [4.69, 9.17) is 9.47 Å². The Morgan fingerprint density at radius 2 is 0.614 bits per heavy atom. The molecule has 4 heteroatoms. The van der Waals surface area contributed by atoms with Crippen molar-refractivity contribution in [2.75, 3.05) is 13.2 Å². The van der Waals surface area contributed by atoms with Crippen molar-refractivity contribution in [1.29, 1.82) is 0 Å². The van der Waals surface area contributed by atoms with Gasteiger partial charge >= 0.3 is 11.9 Å². The maximum absolute atomic E-state index is 11.6. The van der Waals surface area contributed by atoms with Crippen LogP contribution in [0.2, 0.25) is 0 Å². The predicted molar refractivity (Wildman–Crippen MR) is 190 cm³/mol. The molecule has 4 nitrogen and oxygen atoms in total. The number of carbonyl (C=O) groups excluding carboxylic acids is 2. The van der Waals surface area contributed by atoms with Crippen molar-refractivity contribution in [3.63, 3.8) is 0 Å². The van der Waals surface area contributed by atoms with Gasteiger partial charge in [0.2, 0.25) is 0 Å². The lowest BCUT2D eigenvalue weighted by Gasteiger charge is -2.28. The number of carbonyl (C=O) groups is 2. The van der Waals surface area contributed by atoms with E-state index in [0.717, 1.165) is 37.5 Å². The molecule has 0 aliphatic heterocycles. The molecule has 0 bridgehead atoms. The topological polar surface area (TPSA) is 52.6 Å². The van der Waals surface area contributed by atoms with Crippen LogP contribution in [0.15, 0.2) is 0 Å². The molecule has 0 aliphatic rings. The molecule has 0 amide bonds. The van der Waals surface area contributed by atoms with Gasteiger partial charge in [0.05, 0.1) is 13.2 Å². The van der Waals surface area contributed by atoms with E-state index in [9.17, 15) is 9.59 Å². The summed E-state index contributed by atoms with van der Waals surface area (Å²) in [5.41, 5.74) is 0. The van der Waals surface area contributed by atoms with Crippen molar-refractivity contribution in [2.45, 2.75) is 220 Å². The van der Waals surface area contributed by atoms with Gasteiger partial charge in [-0.05, 0) is 38.5 Å². The summed E-state index contributed by atoms with van der Waals surface area (Å²) in [6, 6.07) is 0. The van der Waals surface area contributed by atoms with E-state index in [-0.39, 0.29) is 11.9 Å². The van der Waals surface area contributed by atoms with Gasteiger partial charge in [0.15, 0.2) is 0 Å². The minimum atomic E-state index is -0.0329. The summed E-state index contributed by atoms with van der Waals surface area (Å²) in [6.07, 6.45) is 38.5. The van der Waals surface area contributed by atoms with Crippen LogP contribution in [-0.2, 0) is 19.1 Å². The minimum absolute atomic E-state index is 0.0329. The Bertz CT molecular complexity index is 552. The Hall–Kier alpha value is -1.06. The molecule has 262 valence electrons. The highest BCUT2D eigenvalue weighted by atomic mass is 16.5. The van der Waals surface area contributed by atoms with Crippen molar-refractivity contribution in [1.82, 2.24) is 0 Å². The number of hydrogen-bond donors (Lipinski definition) is 0. The van der Waals surface area contributed by atoms with E-state index in [1.165, 1.54) is 154 Å². The van der Waals surface area contributed by atoms with E-state index >= 15 is 0 Å². The van der Waals surface area contributed by atoms with Gasteiger partial charge in [0, 0.05) is 12.8 Å². The number of hydrogen-bond acceptors (Lipinski definition) is 4. The third-order valence-electron chi connectivity index (χ3n) is 9.55. The van der Waals surface area contributed by atoms with Crippen LogP contribution in [0.25, 0.3) is 0 Å². The Labute approximate surface area is 276 Å². The Balaban J connectivity index is 4.84. The summed E-state index contributed by atoms with van der Waals surface area (Å²) in [7, 11) is 0. The van der Waals surface area contributed by atoms with Crippen molar-refractivity contribution >= 4 is 11.9 Å². The second-order valence-corrected chi connectivity index (χ2v) is 13.6. The van der Waals surface area contributed by atoms with Crippen LogP contribution in [-0.4, -0.2) is 25.2 Å². The Morgan fingerprint density at radius 3 is 0.886 bits per heavy atom. The average Bonchev–Trinajstić information content (AvgIpc) is 3.01. The van der Waals surface area contributed by atoms with Crippen LogP contribution in [0, 0.1) is 11.8 Å². The quantitative estimate of drug-likeness (QED) is 0.0521. The number of unbranched alkanes of at least 4 members (excludes halogenated alkanes) is 20. The van der Waals surface area contributed by atoms with Crippen LogP contribution in [0.1, 0.15) is 220 Å². The van der Waals surface area contributed by atoms with Gasteiger partial charge in [0.1, 0.15) is 0 Å². The molecule has 0 fully saturated rings. The van der Waals surface area contributed by atoms with Crippen molar-refractivity contribution in [2.24, 2.45) is 11.8 Å². The third kappa shape index (κ3) is 29.6. The lowest BCUT2D eigenvalue weighted by Crippen LogP contribution is -2.16. The zero-order valence-electron chi connectivity index (χ0n) is 30.4. The lowest BCUT2D eigenvalue weighted by atomic mass is 9.78. The summed E-state index contributed by atoms with van der Waals surface area (Å²) in [5.74, 6) is 1.70. The maximum Gasteiger partial charge on any atom is 0.305 e. The van der Waals surface area contributed by atoms with Crippen LogP contribution in [0.5, 0.6) is 0 Å². The van der Waals surface area contributed by atoms with Gasteiger partial charge in [0.25, 0.3) is 0 Å². The first kappa shape index (κ1) is 42.9. The molecule has 0 radical (unpaired) electrons. The average molecular weight is 623 g/mol. The van der Waals surface area contributed by atoms with E-state index in [1.807, 2.05) is 13.8 Å². The number of esters is 2. The molecule has 0 heterocycles. The zero-order valence-corrected chi connectivity index (χ0v) is 30.4. The van der Waals surface area contributed by atoms with Gasteiger partial charge < -0.3 is 9.47 Å². The summed E-state index contributed by atoms with van der Waals surface area (Å²) in [6.45, 7) is 9.37. The SMILES string of the molecule is CCCCCCCCCC(CCCCCCCC(=O)OCC)C(CCCCCCCCC)CCCCCCCC(=O)OCC. The second-order valence-electron chi connectivity index (χ2n) is 13.6. The van der Waals surface area contributed by atoms with Gasteiger partial charge in [-0.25, -0.2) is 0 Å². The summed E-state index contributed by atoms with van der Waals surface area (Å²) >= 11 is 0. The molecular weight excluding hydrogens is 544 g/mol. The third-order valence-corrected chi connectivity index (χ3v) is 9.55. The van der Waals surface area contributed by atoms with E-state index in [1.54, 1.807) is 0 Å². The highest BCUT2D eigenvalue weighted by molar-refractivity contribution is 5.69. The van der Waals surface area contributed by atoms with Gasteiger partial charge in [-0.1, -0.05) is 181 Å². The largest absolute Gasteiger partial charge is 0.466 e. The molecule has 2 unspecified atom stereocenters. The lowest BCUT2D eigenvalue weighted by molar-refractivity contribution is -0.144. The van der Waals surface area contributed by atoms with Crippen molar-refractivity contribution < 1.29 is 19.1 Å².